The van der Waals surface area contributed by atoms with Gasteiger partial charge < -0.3 is 14.0 Å². The normalized spacial score (nSPS) is 20.0. The molecule has 1 aliphatic rings. The summed E-state index contributed by atoms with van der Waals surface area (Å²) in [7, 11) is -0.716. The van der Waals surface area contributed by atoms with Crippen LogP contribution in [-0.4, -0.2) is 31.1 Å². The summed E-state index contributed by atoms with van der Waals surface area (Å²) in [5, 5.41) is -0.0714. The maximum atomic E-state index is 12.2. The van der Waals surface area contributed by atoms with Crippen LogP contribution in [0, 0.1) is 0 Å². The van der Waals surface area contributed by atoms with Crippen LogP contribution in [0.25, 0.3) is 0 Å². The molecule has 0 unspecified atom stereocenters. The van der Waals surface area contributed by atoms with E-state index in [0.29, 0.717) is 5.46 Å². The van der Waals surface area contributed by atoms with Crippen LogP contribution >= 0.6 is 23.2 Å². The molecule has 9 heteroatoms. The molecule has 23 heavy (non-hydrogen) atoms. The highest BCUT2D eigenvalue weighted by molar-refractivity contribution is 6.63. The second kappa shape index (κ2) is 6.03. The molecule has 2 rings (SSSR count). The maximum absolute atomic E-state index is 12.2. The molecule has 0 amide bonds. The standard InChI is InChI=1S/C14H16BCl2F3O3/c1-12(2)13(3,4)23-15(22-12)8-5-9(16)11(10(17)6-8)21-7-14(18,19)20/h5-6H,7H2,1-4H3. The molecule has 1 aliphatic heterocycles. The fraction of sp³-hybridized carbons (Fsp3) is 0.571. The van der Waals surface area contributed by atoms with Gasteiger partial charge in [-0.1, -0.05) is 23.2 Å². The summed E-state index contributed by atoms with van der Waals surface area (Å²) >= 11 is 12.0. The van der Waals surface area contributed by atoms with Gasteiger partial charge in [0.2, 0.25) is 0 Å². The number of benzene rings is 1. The fourth-order valence-electron chi connectivity index (χ4n) is 1.99. The van der Waals surface area contributed by atoms with Crippen molar-refractivity contribution in [1.82, 2.24) is 0 Å². The van der Waals surface area contributed by atoms with Gasteiger partial charge in [-0.05, 0) is 45.3 Å². The summed E-state index contributed by atoms with van der Waals surface area (Å²) in [6, 6.07) is 2.86. The molecule has 1 aromatic rings. The number of alkyl halides is 3. The Labute approximate surface area is 143 Å². The third-order valence-corrected chi connectivity index (χ3v) is 4.49. The summed E-state index contributed by atoms with van der Waals surface area (Å²) in [6.07, 6.45) is -4.48. The fourth-order valence-corrected chi connectivity index (χ4v) is 2.60. The summed E-state index contributed by atoms with van der Waals surface area (Å²) < 4.78 is 53.1. The van der Waals surface area contributed by atoms with E-state index in [1.54, 1.807) is 0 Å². The number of ether oxygens (including phenoxy) is 1. The Morgan fingerprint density at radius 1 is 1.04 bits per heavy atom. The Balaban J connectivity index is 2.24. The lowest BCUT2D eigenvalue weighted by atomic mass is 9.79. The SMILES string of the molecule is CC1(C)OB(c2cc(Cl)c(OCC(F)(F)F)c(Cl)c2)OC1(C)C. The molecule has 0 atom stereocenters. The van der Waals surface area contributed by atoms with E-state index in [2.05, 4.69) is 4.74 Å². The maximum Gasteiger partial charge on any atom is 0.494 e. The number of hydrogen-bond donors (Lipinski definition) is 0. The smallest absolute Gasteiger partial charge is 0.481 e. The van der Waals surface area contributed by atoms with Gasteiger partial charge in [-0.15, -0.1) is 0 Å². The van der Waals surface area contributed by atoms with Gasteiger partial charge in [0.15, 0.2) is 12.4 Å². The first-order valence-electron chi connectivity index (χ1n) is 6.86. The van der Waals surface area contributed by atoms with Gasteiger partial charge in [0, 0.05) is 0 Å². The lowest BCUT2D eigenvalue weighted by molar-refractivity contribution is -0.153. The van der Waals surface area contributed by atoms with E-state index in [9.17, 15) is 13.2 Å². The third kappa shape index (κ3) is 4.07. The van der Waals surface area contributed by atoms with Gasteiger partial charge in [-0.25, -0.2) is 0 Å². The Kier molecular flexibility index (Phi) is 4.90. The minimum absolute atomic E-state index is 0.0357. The summed E-state index contributed by atoms with van der Waals surface area (Å²) in [5.74, 6) is -0.217. The highest BCUT2D eigenvalue weighted by atomic mass is 35.5. The van der Waals surface area contributed by atoms with Crippen LogP contribution in [0.1, 0.15) is 27.7 Å². The van der Waals surface area contributed by atoms with E-state index in [0.717, 1.165) is 0 Å². The molecule has 0 aliphatic carbocycles. The van der Waals surface area contributed by atoms with E-state index >= 15 is 0 Å². The average Bonchev–Trinajstić information content (AvgIpc) is 2.55. The van der Waals surface area contributed by atoms with Crippen LogP contribution in [0.2, 0.25) is 10.0 Å². The molecule has 0 aromatic heterocycles. The van der Waals surface area contributed by atoms with Crippen LogP contribution in [-0.2, 0) is 9.31 Å². The molecule has 1 saturated heterocycles. The third-order valence-electron chi connectivity index (χ3n) is 3.93. The molecule has 0 radical (unpaired) electrons. The first-order chi connectivity index (χ1) is 10.3. The largest absolute Gasteiger partial charge is 0.494 e. The van der Waals surface area contributed by atoms with Crippen LogP contribution < -0.4 is 10.2 Å². The molecule has 0 bridgehead atoms. The second-order valence-corrected chi connectivity index (χ2v) is 7.12. The quantitative estimate of drug-likeness (QED) is 0.745. The molecule has 128 valence electrons. The zero-order chi connectivity index (χ0) is 17.6. The van der Waals surface area contributed by atoms with Crippen molar-refractivity contribution in [2.24, 2.45) is 0 Å². The van der Waals surface area contributed by atoms with Crippen molar-refractivity contribution in [2.75, 3.05) is 6.61 Å². The molecule has 1 heterocycles. The number of rotatable bonds is 3. The van der Waals surface area contributed by atoms with E-state index in [1.807, 2.05) is 27.7 Å². The van der Waals surface area contributed by atoms with E-state index < -0.39 is 31.1 Å². The highest BCUT2D eigenvalue weighted by Gasteiger charge is 2.51. The Morgan fingerprint density at radius 3 is 1.87 bits per heavy atom. The van der Waals surface area contributed by atoms with Gasteiger partial charge in [-0.2, -0.15) is 13.2 Å². The minimum Gasteiger partial charge on any atom is -0.481 e. The van der Waals surface area contributed by atoms with Crippen LogP contribution in [0.15, 0.2) is 12.1 Å². The predicted octanol–water partition coefficient (Wildman–Crippen LogP) is 4.23. The first kappa shape index (κ1) is 18.7. The zero-order valence-corrected chi connectivity index (χ0v) is 14.6. The van der Waals surface area contributed by atoms with Crippen LogP contribution in [0.4, 0.5) is 13.2 Å². The van der Waals surface area contributed by atoms with Gasteiger partial charge in [0.1, 0.15) is 0 Å². The molecule has 0 spiro atoms. The van der Waals surface area contributed by atoms with Crippen molar-refractivity contribution in [3.8, 4) is 5.75 Å². The highest BCUT2D eigenvalue weighted by Crippen LogP contribution is 2.38. The summed E-state index contributed by atoms with van der Waals surface area (Å²) in [4.78, 5) is 0. The van der Waals surface area contributed by atoms with E-state index in [1.165, 1.54) is 12.1 Å². The average molecular weight is 371 g/mol. The van der Waals surface area contributed by atoms with Crippen LogP contribution in [0.3, 0.4) is 0 Å². The van der Waals surface area contributed by atoms with Crippen molar-refractivity contribution in [3.63, 3.8) is 0 Å². The van der Waals surface area contributed by atoms with Crippen LogP contribution in [0.5, 0.6) is 5.75 Å². The second-order valence-electron chi connectivity index (χ2n) is 6.31. The molecule has 1 fully saturated rings. The zero-order valence-electron chi connectivity index (χ0n) is 13.1. The lowest BCUT2D eigenvalue weighted by Gasteiger charge is -2.32. The monoisotopic (exact) mass is 370 g/mol. The first-order valence-corrected chi connectivity index (χ1v) is 7.62. The van der Waals surface area contributed by atoms with Crippen molar-refractivity contribution in [1.29, 1.82) is 0 Å². The van der Waals surface area contributed by atoms with Gasteiger partial charge >= 0.3 is 13.3 Å². The van der Waals surface area contributed by atoms with E-state index in [4.69, 9.17) is 32.5 Å². The van der Waals surface area contributed by atoms with Crippen molar-refractivity contribution in [3.05, 3.63) is 22.2 Å². The number of halogens is 5. The molecule has 3 nitrogen and oxygen atoms in total. The van der Waals surface area contributed by atoms with Gasteiger partial charge in [0.25, 0.3) is 0 Å². The molecule has 1 aromatic carbocycles. The molecular weight excluding hydrogens is 355 g/mol. The predicted molar refractivity (Wildman–Crippen MR) is 83.7 cm³/mol. The van der Waals surface area contributed by atoms with Gasteiger partial charge in [0.05, 0.1) is 21.2 Å². The molecule has 0 saturated carbocycles. The lowest BCUT2D eigenvalue weighted by Crippen LogP contribution is -2.41. The molecular formula is C14H16BCl2F3O3. The Hall–Kier alpha value is -0.625. The van der Waals surface area contributed by atoms with Gasteiger partial charge in [-0.3, -0.25) is 0 Å². The Morgan fingerprint density at radius 2 is 1.48 bits per heavy atom. The minimum atomic E-state index is -4.48. The summed E-state index contributed by atoms with van der Waals surface area (Å²) in [5.41, 5.74) is -0.595. The van der Waals surface area contributed by atoms with E-state index in [-0.39, 0.29) is 15.8 Å². The van der Waals surface area contributed by atoms with Crippen molar-refractivity contribution in [2.45, 2.75) is 45.1 Å². The Bertz CT molecular complexity index is 566. The molecule has 0 N–H and O–H groups in total. The van der Waals surface area contributed by atoms with Crippen molar-refractivity contribution < 1.29 is 27.2 Å². The summed E-state index contributed by atoms with van der Waals surface area (Å²) in [6.45, 7) is 6.07. The topological polar surface area (TPSA) is 27.7 Å². The number of hydrogen-bond acceptors (Lipinski definition) is 3. The van der Waals surface area contributed by atoms with Crippen molar-refractivity contribution >= 4 is 35.8 Å².